The van der Waals surface area contributed by atoms with Crippen LogP contribution in [0.25, 0.3) is 0 Å². The second kappa shape index (κ2) is 17.0. The van der Waals surface area contributed by atoms with Crippen molar-refractivity contribution in [2.24, 2.45) is 69.0 Å². The minimum Gasteiger partial charge on any atom is -0.469 e. The van der Waals surface area contributed by atoms with E-state index in [0.29, 0.717) is 68.2 Å². The Balaban J connectivity index is 0.979. The molecule has 5 aliphatic heterocycles. The molecule has 2 aromatic rings. The van der Waals surface area contributed by atoms with Crippen molar-refractivity contribution in [2.75, 3.05) is 33.0 Å². The summed E-state index contributed by atoms with van der Waals surface area (Å²) in [6.45, 7) is 7.12. The molecular weight excluding hydrogens is 893 g/mol. The van der Waals surface area contributed by atoms with Gasteiger partial charge < -0.3 is 49.1 Å². The molecule has 10 aliphatic rings. The third kappa shape index (κ3) is 6.48. The van der Waals surface area contributed by atoms with Crippen LogP contribution in [-0.4, -0.2) is 113 Å². The highest BCUT2D eigenvalue weighted by Gasteiger charge is 2.93. The first kappa shape index (κ1) is 47.5. The van der Waals surface area contributed by atoms with Crippen LogP contribution in [0.5, 0.6) is 0 Å². The molecule has 9 fully saturated rings. The quantitative estimate of drug-likeness (QED) is 0.0980. The number of Topliss-reactive ketones (excluding diaryl/α,β-unsaturated/α-hetero) is 1. The van der Waals surface area contributed by atoms with Crippen molar-refractivity contribution in [3.05, 3.63) is 71.7 Å². The number of nitrogens with one attached hydrogen (secondary N) is 2. The van der Waals surface area contributed by atoms with E-state index >= 15 is 4.79 Å². The number of aliphatic hydroxyl groups excluding tert-OH is 4. The fraction of sp³-hybridized carbons (Fsp3) is 0.732. The molecule has 1 aromatic carbocycles. The summed E-state index contributed by atoms with van der Waals surface area (Å²) in [7, 11) is 0. The molecule has 6 heterocycles. The van der Waals surface area contributed by atoms with Crippen molar-refractivity contribution in [3.63, 3.8) is 0 Å². The number of carbonyl (C=O) groups excluding carboxylic acids is 3. The van der Waals surface area contributed by atoms with Crippen LogP contribution >= 0.6 is 0 Å². The van der Waals surface area contributed by atoms with Gasteiger partial charge in [-0.05, 0) is 125 Å². The molecule has 0 radical (unpaired) electrons. The van der Waals surface area contributed by atoms with Gasteiger partial charge in [0.25, 0.3) is 0 Å². The number of rotatable bonds is 11. The molecule has 0 amide bonds. The number of hydrogen-bond acceptors (Lipinski definition) is 14. The van der Waals surface area contributed by atoms with Crippen molar-refractivity contribution in [1.29, 1.82) is 0 Å². The molecule has 0 unspecified atom stereocenters. The monoisotopic (exact) mass is 967 g/mol. The van der Waals surface area contributed by atoms with Crippen molar-refractivity contribution in [3.8, 4) is 0 Å². The summed E-state index contributed by atoms with van der Waals surface area (Å²) in [6.07, 6.45) is 9.48. The van der Waals surface area contributed by atoms with Gasteiger partial charge in [0.1, 0.15) is 30.2 Å². The molecule has 5 saturated heterocycles. The third-order valence-electron chi connectivity index (χ3n) is 21.1. The van der Waals surface area contributed by atoms with Gasteiger partial charge in [-0.15, -0.1) is 0 Å². The van der Waals surface area contributed by atoms with Crippen molar-refractivity contribution in [1.82, 2.24) is 10.6 Å². The topological polar surface area (TPSA) is 210 Å². The Kier molecular flexibility index (Phi) is 11.6. The van der Waals surface area contributed by atoms with Gasteiger partial charge in [-0.3, -0.25) is 14.9 Å². The van der Waals surface area contributed by atoms with Gasteiger partial charge in [-0.25, -0.2) is 4.79 Å². The summed E-state index contributed by atoms with van der Waals surface area (Å²) >= 11 is 0. The minimum absolute atomic E-state index is 0.0339. The largest absolute Gasteiger partial charge is 0.469 e. The third-order valence-corrected chi connectivity index (χ3v) is 21.1. The summed E-state index contributed by atoms with van der Waals surface area (Å²) in [6, 6.07) is 12.7. The molecule has 12 rings (SSSR count). The maximum absolute atomic E-state index is 16.0. The van der Waals surface area contributed by atoms with Gasteiger partial charge in [-0.1, -0.05) is 62.2 Å². The Morgan fingerprint density at radius 1 is 0.900 bits per heavy atom. The molecule has 14 heteroatoms. The average molecular weight is 967 g/mol. The highest BCUT2D eigenvalue weighted by atomic mass is 16.7. The summed E-state index contributed by atoms with van der Waals surface area (Å²) in [5.74, 6) is -2.15. The summed E-state index contributed by atoms with van der Waals surface area (Å²) < 4.78 is 34.0. The van der Waals surface area contributed by atoms with E-state index in [1.165, 1.54) is 5.56 Å². The zero-order chi connectivity index (χ0) is 48.6. The van der Waals surface area contributed by atoms with E-state index in [9.17, 15) is 30.0 Å². The number of ketones is 1. The van der Waals surface area contributed by atoms with Crippen molar-refractivity contribution >= 4 is 17.7 Å². The number of benzene rings is 1. The van der Waals surface area contributed by atoms with Gasteiger partial charge in [0.15, 0.2) is 11.9 Å². The minimum atomic E-state index is -1.53. The Morgan fingerprint density at radius 3 is 2.46 bits per heavy atom. The molecular formula is C56H74N2O12. The van der Waals surface area contributed by atoms with Crippen LogP contribution < -0.4 is 10.6 Å². The number of allylic oxidation sites excluding steroid dienone is 1. The van der Waals surface area contributed by atoms with E-state index < -0.39 is 93.7 Å². The SMILES string of the molecule is CC1(C)O[C@H]2[C@@]3(CC[C@H](CO)C3)C(=O)OC[C@@]23[C@@H]1C(=O)[C@@H](O)[C@]1([C@H]2CCC[C@@H](Cc4ccccc4)C2)[C@@H]3CC[C@@]2(C)[C@H](c3ccoc3C[C@H]([C@H](O)CO)[C@@H]3C=C[C@H]([C@H]4CNCN4)CC3)OC(=O)[C@H]3O[C@@]312. The number of hydrogen-bond donors (Lipinski definition) is 6. The number of aliphatic hydroxyl groups is 4. The molecule has 0 bridgehead atoms. The Labute approximate surface area is 411 Å². The summed E-state index contributed by atoms with van der Waals surface area (Å²) in [4.78, 5) is 45.5. The van der Waals surface area contributed by atoms with Crippen molar-refractivity contribution in [2.45, 2.75) is 152 Å². The van der Waals surface area contributed by atoms with Crippen molar-refractivity contribution < 1.29 is 58.2 Å². The van der Waals surface area contributed by atoms with Gasteiger partial charge >= 0.3 is 11.9 Å². The van der Waals surface area contributed by atoms with E-state index in [1.54, 1.807) is 6.26 Å². The van der Waals surface area contributed by atoms with E-state index in [0.717, 1.165) is 45.3 Å². The maximum atomic E-state index is 16.0. The standard InChI is InChI=1S/C56H74N2O12/c1-51(2)44-43(62)45(63)55(36-11-7-10-32(23-36)22-31-8-5-4-6-9-31)42(54(44)29-67-50(65)53(49(54)70-51)20-16-33(25-53)27-59)17-19-52(3)46(68-48(64)47-56(52,55)69-47)37-18-21-66-41(37)24-38(40(61)28-60)34-12-14-35(15-13-34)39-26-57-30-58-39/h4-6,8-9,12,14,18,21,32-36,38-40,42,44-47,49,57-61,63H,7,10-11,13,15-17,19-20,22-30H2,1-3H3/t32-,33-,34+,35-,36-,38-,39+,40+,42+,44+,45+,46-,47+,49-,52-,53-,54+,55-,56+/m0/s1. The number of esters is 2. The number of furan rings is 1. The lowest BCUT2D eigenvalue weighted by molar-refractivity contribution is -0.285. The molecule has 1 aromatic heterocycles. The normalized spacial score (nSPS) is 46.5. The highest BCUT2D eigenvalue weighted by molar-refractivity contribution is 5.93. The van der Waals surface area contributed by atoms with E-state index in [1.807, 2.05) is 26.0 Å². The first-order valence-electron chi connectivity index (χ1n) is 26.8. The average Bonchev–Trinajstić information content (AvgIpc) is 3.82. The second-order valence-corrected chi connectivity index (χ2v) is 24.5. The summed E-state index contributed by atoms with van der Waals surface area (Å²) in [5.41, 5.74) is -4.98. The fourth-order valence-corrected chi connectivity index (χ4v) is 18.4. The predicted molar refractivity (Wildman–Crippen MR) is 253 cm³/mol. The molecule has 380 valence electrons. The van der Waals surface area contributed by atoms with E-state index in [2.05, 4.69) is 54.0 Å². The van der Waals surface area contributed by atoms with Gasteiger partial charge in [0.05, 0.1) is 42.0 Å². The second-order valence-electron chi connectivity index (χ2n) is 24.5. The predicted octanol–water partition coefficient (Wildman–Crippen LogP) is 5.14. The van der Waals surface area contributed by atoms with Crippen LogP contribution in [0, 0.1) is 69.0 Å². The highest BCUT2D eigenvalue weighted by Crippen LogP contribution is 2.83. The summed E-state index contributed by atoms with van der Waals surface area (Å²) in [5, 5.41) is 53.1. The molecule has 4 saturated carbocycles. The number of carbonyl (C=O) groups is 3. The lowest BCUT2D eigenvalue weighted by atomic mass is 9.32. The number of fused-ring (bicyclic) bond motifs is 2. The molecule has 3 spiro atoms. The first-order valence-corrected chi connectivity index (χ1v) is 26.8. The zero-order valence-electron chi connectivity index (χ0n) is 41.1. The van der Waals surface area contributed by atoms with Crippen LogP contribution in [0.2, 0.25) is 0 Å². The molecule has 70 heavy (non-hydrogen) atoms. The van der Waals surface area contributed by atoms with Gasteiger partial charge in [0.2, 0.25) is 0 Å². The van der Waals surface area contributed by atoms with E-state index in [-0.39, 0.29) is 55.1 Å². The Morgan fingerprint density at radius 2 is 1.73 bits per heavy atom. The van der Waals surface area contributed by atoms with Crippen LogP contribution in [0.15, 0.2) is 59.2 Å². The van der Waals surface area contributed by atoms with Crippen LogP contribution in [0.4, 0.5) is 0 Å². The molecule has 19 atom stereocenters. The lowest BCUT2D eigenvalue weighted by Gasteiger charge is -2.70. The molecule has 14 nitrogen and oxygen atoms in total. The van der Waals surface area contributed by atoms with Gasteiger partial charge in [0, 0.05) is 60.0 Å². The lowest BCUT2D eigenvalue weighted by Crippen LogP contribution is -2.80. The number of ether oxygens (including phenoxy) is 4. The fourth-order valence-electron chi connectivity index (χ4n) is 18.4. The molecule has 5 aliphatic carbocycles. The zero-order valence-corrected chi connectivity index (χ0v) is 41.1. The number of epoxide rings is 1. The number of cyclic esters (lactones) is 2. The van der Waals surface area contributed by atoms with Gasteiger partial charge in [-0.2, -0.15) is 0 Å². The molecule has 6 N–H and O–H groups in total. The van der Waals surface area contributed by atoms with Crippen LogP contribution in [-0.2, 0) is 46.2 Å². The Hall–Kier alpha value is -3.47. The maximum Gasteiger partial charge on any atom is 0.339 e. The Bertz CT molecular complexity index is 2380. The van der Waals surface area contributed by atoms with Crippen LogP contribution in [0.1, 0.15) is 114 Å². The smallest absolute Gasteiger partial charge is 0.339 e. The first-order chi connectivity index (χ1) is 33.7. The van der Waals surface area contributed by atoms with E-state index in [4.69, 9.17) is 23.4 Å². The van der Waals surface area contributed by atoms with Crippen LogP contribution in [0.3, 0.4) is 0 Å².